The molecule has 0 bridgehead atoms. The van der Waals surface area contributed by atoms with Crippen LogP contribution >= 0.6 is 0 Å². The molecule has 0 spiro atoms. The third-order valence-corrected chi connectivity index (χ3v) is 16.0. The van der Waals surface area contributed by atoms with Crippen molar-refractivity contribution >= 4 is 21.5 Å². The maximum atomic E-state index is 5.72. The predicted molar refractivity (Wildman–Crippen MR) is 352 cm³/mol. The zero-order valence-corrected chi connectivity index (χ0v) is 51.9. The Balaban J connectivity index is 0.000000159. The lowest BCUT2D eigenvalue weighted by Crippen LogP contribution is -2.15. The van der Waals surface area contributed by atoms with Crippen molar-refractivity contribution in [3.05, 3.63) is 281 Å². The second-order valence-electron chi connectivity index (χ2n) is 20.6. The van der Waals surface area contributed by atoms with E-state index in [0.717, 1.165) is 95.9 Å². The number of methoxy groups -OCH3 is 11. The Kier molecular flexibility index (Phi) is 21.4. The quantitative estimate of drug-likeness (QED) is 0.0643. The first kappa shape index (κ1) is 62.3. The second kappa shape index (κ2) is 30.2. The third-order valence-electron chi connectivity index (χ3n) is 16.0. The zero-order valence-electron chi connectivity index (χ0n) is 51.9. The highest BCUT2D eigenvalue weighted by Crippen LogP contribution is 2.45. The summed E-state index contributed by atoms with van der Waals surface area (Å²) in [6, 6.07) is 78.3. The molecule has 0 aliphatic heterocycles. The van der Waals surface area contributed by atoms with Gasteiger partial charge in [-0.2, -0.15) is 0 Å². The summed E-state index contributed by atoms with van der Waals surface area (Å²) in [6.45, 7) is 0. The van der Waals surface area contributed by atoms with Gasteiger partial charge in [0.25, 0.3) is 0 Å². The fraction of sp³-hybridized carbons (Fsp3) is 0.195. The fourth-order valence-electron chi connectivity index (χ4n) is 11.2. The van der Waals surface area contributed by atoms with Crippen molar-refractivity contribution in [1.29, 1.82) is 0 Å². The molecule has 0 unspecified atom stereocenters. The van der Waals surface area contributed by atoms with E-state index in [-0.39, 0.29) is 17.8 Å². The first-order valence-corrected chi connectivity index (χ1v) is 28.8. The van der Waals surface area contributed by atoms with Gasteiger partial charge >= 0.3 is 0 Å². The third kappa shape index (κ3) is 14.7. The van der Waals surface area contributed by atoms with Crippen molar-refractivity contribution in [3.63, 3.8) is 0 Å². The highest BCUT2D eigenvalue weighted by atomic mass is 16.5. The first-order valence-electron chi connectivity index (χ1n) is 28.8. The standard InChI is InChI=1S/C30H30O4.C25H24O4.C22H22O3/c1-31-25-13-5-21(6-14-25)29(22-7-15-26(32-2)16-8-22)30(23-9-17-27(33-3)18-10-23)24-11-19-28(34-4)20-12-24;1-26-18-9-5-16-7-11-24(28-3)22(20(16)13-18)15-23-21-14-19(27-2)10-6-17(21)8-12-25(23)29-4;1-23-19-10-4-16(5-11-19)22(17-6-12-20(24-2)13-7-17)18-8-14-21(25-3)15-9-18/h5-20,29-30H,1-4H3;5-14H,15H2,1-4H3;4-15,22H,1-3H3. The summed E-state index contributed by atoms with van der Waals surface area (Å²) >= 11 is 0. The molecule has 11 aromatic carbocycles. The Bertz CT molecular complexity index is 3550. The Hall–Kier alpha value is -10.3. The highest BCUT2D eigenvalue weighted by Gasteiger charge is 2.29. The molecule has 11 nitrogen and oxygen atoms in total. The number of rotatable bonds is 21. The van der Waals surface area contributed by atoms with E-state index in [1.807, 2.05) is 109 Å². The average Bonchev–Trinajstić information content (AvgIpc) is 1.89. The van der Waals surface area contributed by atoms with Crippen molar-refractivity contribution in [1.82, 2.24) is 0 Å². The lowest BCUT2D eigenvalue weighted by atomic mass is 9.73. The molecule has 0 aliphatic rings. The Morgan fingerprint density at radius 2 is 0.420 bits per heavy atom. The Morgan fingerprint density at radius 3 is 0.636 bits per heavy atom. The molecule has 0 radical (unpaired) electrons. The predicted octanol–water partition coefficient (Wildman–Crippen LogP) is 17.2. The summed E-state index contributed by atoms with van der Waals surface area (Å²) in [6.07, 6.45) is 0.654. The molecule has 0 N–H and O–H groups in total. The summed E-state index contributed by atoms with van der Waals surface area (Å²) in [5, 5.41) is 4.48. The lowest BCUT2D eigenvalue weighted by Gasteiger charge is -2.30. The minimum absolute atomic E-state index is 0.0543. The summed E-state index contributed by atoms with van der Waals surface area (Å²) in [5.74, 6) is 9.46. The Labute approximate surface area is 517 Å². The normalized spacial score (nSPS) is 10.8. The minimum atomic E-state index is 0.0543. The smallest absolute Gasteiger partial charge is 0.123 e. The van der Waals surface area contributed by atoms with Gasteiger partial charge in [-0.3, -0.25) is 0 Å². The van der Waals surface area contributed by atoms with E-state index in [9.17, 15) is 0 Å². The number of ether oxygens (including phenoxy) is 11. The van der Waals surface area contributed by atoms with E-state index >= 15 is 0 Å². The van der Waals surface area contributed by atoms with Crippen LogP contribution in [0.4, 0.5) is 0 Å². The van der Waals surface area contributed by atoms with Gasteiger partial charge in [-0.25, -0.2) is 0 Å². The average molecular weight is 1180 g/mol. The topological polar surface area (TPSA) is 102 Å². The van der Waals surface area contributed by atoms with Crippen molar-refractivity contribution < 1.29 is 52.1 Å². The van der Waals surface area contributed by atoms with Gasteiger partial charge in [0.15, 0.2) is 0 Å². The van der Waals surface area contributed by atoms with Crippen LogP contribution in [0, 0.1) is 0 Å². The van der Waals surface area contributed by atoms with Crippen molar-refractivity contribution in [2.24, 2.45) is 0 Å². The Morgan fingerprint density at radius 1 is 0.216 bits per heavy atom. The second-order valence-corrected chi connectivity index (χ2v) is 20.6. The molecule has 11 rings (SSSR count). The molecule has 0 amide bonds. The van der Waals surface area contributed by atoms with Crippen molar-refractivity contribution in [3.8, 4) is 63.2 Å². The summed E-state index contributed by atoms with van der Waals surface area (Å²) < 4.78 is 59.9. The van der Waals surface area contributed by atoms with Gasteiger partial charge < -0.3 is 52.1 Å². The number of fused-ring (bicyclic) bond motifs is 2. The van der Waals surface area contributed by atoms with E-state index in [4.69, 9.17) is 52.1 Å². The summed E-state index contributed by atoms with van der Waals surface area (Å²) in [5.41, 5.74) is 10.6. The van der Waals surface area contributed by atoms with Gasteiger partial charge in [-0.15, -0.1) is 0 Å². The number of hydrogen-bond donors (Lipinski definition) is 0. The van der Waals surface area contributed by atoms with E-state index in [1.165, 1.54) is 38.9 Å². The number of benzene rings is 11. The zero-order chi connectivity index (χ0) is 61.9. The molecule has 11 heteroatoms. The highest BCUT2D eigenvalue weighted by molar-refractivity contribution is 5.93. The van der Waals surface area contributed by atoms with Crippen molar-refractivity contribution in [2.75, 3.05) is 78.2 Å². The van der Waals surface area contributed by atoms with Crippen molar-refractivity contribution in [2.45, 2.75) is 24.2 Å². The summed E-state index contributed by atoms with van der Waals surface area (Å²) in [4.78, 5) is 0. The summed E-state index contributed by atoms with van der Waals surface area (Å²) in [7, 11) is 18.6. The van der Waals surface area contributed by atoms with E-state index in [1.54, 1.807) is 78.2 Å². The van der Waals surface area contributed by atoms with Crippen LogP contribution in [-0.2, 0) is 6.42 Å². The minimum Gasteiger partial charge on any atom is -0.497 e. The van der Waals surface area contributed by atoms with Gasteiger partial charge in [-0.1, -0.05) is 109 Å². The molecule has 0 aliphatic carbocycles. The molecular formula is C77H76O11. The first-order chi connectivity index (χ1) is 43.1. The largest absolute Gasteiger partial charge is 0.497 e. The van der Waals surface area contributed by atoms with Crippen LogP contribution in [0.1, 0.15) is 67.8 Å². The van der Waals surface area contributed by atoms with E-state index < -0.39 is 0 Å². The van der Waals surface area contributed by atoms with Crippen LogP contribution in [0.2, 0.25) is 0 Å². The molecule has 0 atom stereocenters. The van der Waals surface area contributed by atoms with Crippen LogP contribution in [-0.4, -0.2) is 78.2 Å². The molecule has 11 aromatic rings. The molecule has 450 valence electrons. The van der Waals surface area contributed by atoms with Gasteiger partial charge in [-0.05, 0) is 182 Å². The van der Waals surface area contributed by atoms with Gasteiger partial charge in [0.05, 0.1) is 78.2 Å². The molecule has 0 fully saturated rings. The van der Waals surface area contributed by atoms with Crippen LogP contribution in [0.3, 0.4) is 0 Å². The fourth-order valence-corrected chi connectivity index (χ4v) is 11.2. The SMILES string of the molecule is COc1ccc(C(c2ccc(OC)cc2)C(c2ccc(OC)cc2)c2ccc(OC)cc2)cc1.COc1ccc(C(c2ccc(OC)cc2)c2ccc(OC)cc2)cc1.COc1ccc2ccc(OC)c(Cc3c(OC)ccc4ccc(OC)cc34)c2c1. The van der Waals surface area contributed by atoms with Crippen LogP contribution in [0.15, 0.2) is 231 Å². The monoisotopic (exact) mass is 1180 g/mol. The maximum absolute atomic E-state index is 5.72. The molecule has 0 saturated carbocycles. The molecule has 0 aromatic heterocycles. The molecule has 88 heavy (non-hydrogen) atoms. The molecule has 0 heterocycles. The number of hydrogen-bond acceptors (Lipinski definition) is 11. The van der Waals surface area contributed by atoms with Gasteiger partial charge in [0.1, 0.15) is 63.2 Å². The van der Waals surface area contributed by atoms with E-state index in [2.05, 4.69) is 121 Å². The van der Waals surface area contributed by atoms with Gasteiger partial charge in [0, 0.05) is 35.3 Å². The van der Waals surface area contributed by atoms with Gasteiger partial charge in [0.2, 0.25) is 0 Å². The van der Waals surface area contributed by atoms with Crippen LogP contribution < -0.4 is 52.1 Å². The van der Waals surface area contributed by atoms with E-state index in [0.29, 0.717) is 6.42 Å². The molecular weight excluding hydrogens is 1100 g/mol. The van der Waals surface area contributed by atoms with Crippen LogP contribution in [0.25, 0.3) is 21.5 Å². The molecule has 0 saturated heterocycles. The maximum Gasteiger partial charge on any atom is 0.123 e. The van der Waals surface area contributed by atoms with Crippen LogP contribution in [0.5, 0.6) is 63.2 Å². The lowest BCUT2D eigenvalue weighted by molar-refractivity contribution is 0.406.